The van der Waals surface area contributed by atoms with Crippen LogP contribution in [0.1, 0.15) is 32.8 Å². The second-order valence-electron chi connectivity index (χ2n) is 8.21. The van der Waals surface area contributed by atoms with Gasteiger partial charge in [-0.3, -0.25) is 4.79 Å². The number of carbonyl (C=O) groups excluding carboxylic acids is 1. The van der Waals surface area contributed by atoms with Gasteiger partial charge in [-0.15, -0.1) is 0 Å². The Morgan fingerprint density at radius 3 is 2.78 bits per heavy atom. The lowest BCUT2D eigenvalue weighted by molar-refractivity contribution is -0.193. The summed E-state index contributed by atoms with van der Waals surface area (Å²) in [5, 5.41) is 10.2. The van der Waals surface area contributed by atoms with Gasteiger partial charge in [0.15, 0.2) is 22.9 Å². The van der Waals surface area contributed by atoms with Crippen molar-refractivity contribution in [1.29, 1.82) is 5.26 Å². The molecule has 0 amide bonds. The summed E-state index contributed by atoms with van der Waals surface area (Å²) < 4.78 is 21.4. The Kier molecular flexibility index (Phi) is 6.47. The Hall–Kier alpha value is -1.79. The lowest BCUT2D eigenvalue weighted by Crippen LogP contribution is -2.31. The molecule has 0 bridgehead atoms. The molecule has 32 heavy (non-hydrogen) atoms. The molecule has 0 N–H and O–H groups in total. The number of fused-ring (bicyclic) bond motifs is 2. The quantitative estimate of drug-likeness (QED) is 0.304. The molecule has 2 aliphatic heterocycles. The molecule has 2 aromatic rings. The zero-order valence-corrected chi connectivity index (χ0v) is 21.2. The zero-order valence-electron chi connectivity index (χ0n) is 18.3. The topological polar surface area (TPSA) is 115 Å². The molecule has 0 aliphatic carbocycles. The van der Waals surface area contributed by atoms with Crippen molar-refractivity contribution >= 4 is 62.7 Å². The summed E-state index contributed by atoms with van der Waals surface area (Å²) in [6.45, 7) is 5.25. The number of aromatic nitrogens is 3. The Labute approximate surface area is 203 Å². The summed E-state index contributed by atoms with van der Waals surface area (Å²) in [5.74, 6) is 0.104. The number of halogens is 1. The average Bonchev–Trinajstić information content (AvgIpc) is 3.32. The van der Waals surface area contributed by atoms with Crippen molar-refractivity contribution < 1.29 is 19.0 Å². The molecule has 2 fully saturated rings. The van der Waals surface area contributed by atoms with Gasteiger partial charge in [-0.25, -0.2) is 9.98 Å². The number of nitriles is 1. The third kappa shape index (κ3) is 4.49. The molecule has 0 spiro atoms. The van der Waals surface area contributed by atoms with Gasteiger partial charge in [-0.05, 0) is 36.4 Å². The van der Waals surface area contributed by atoms with E-state index in [1.54, 1.807) is 11.2 Å². The van der Waals surface area contributed by atoms with E-state index in [0.29, 0.717) is 17.2 Å². The minimum absolute atomic E-state index is 0.0151. The minimum Gasteiger partial charge on any atom is -0.369 e. The summed E-state index contributed by atoms with van der Waals surface area (Å²) in [6, 6.07) is 2.01. The van der Waals surface area contributed by atoms with Crippen LogP contribution in [0, 0.1) is 14.9 Å². The van der Waals surface area contributed by atoms with E-state index in [0.717, 1.165) is 8.96 Å². The fourth-order valence-electron chi connectivity index (χ4n) is 3.81. The van der Waals surface area contributed by atoms with Gasteiger partial charge in [0.25, 0.3) is 0 Å². The second-order valence-corrected chi connectivity index (χ2v) is 10.6. The van der Waals surface area contributed by atoms with E-state index >= 15 is 0 Å². The molecular formula is C20H23IN6O4S. The Bertz CT molecular complexity index is 1130. The van der Waals surface area contributed by atoms with Gasteiger partial charge >= 0.3 is 0 Å². The number of hydrogen-bond donors (Lipinski definition) is 0. The summed E-state index contributed by atoms with van der Waals surface area (Å²) in [5.41, 5.74) is 0.531. The molecular weight excluding hydrogens is 547 g/mol. The van der Waals surface area contributed by atoms with E-state index in [1.165, 1.54) is 18.7 Å². The smallest absolute Gasteiger partial charge is 0.236 e. The number of carbonyl (C=O) groups is 1. The molecule has 0 aromatic carbocycles. The number of rotatable bonds is 5. The molecule has 2 aliphatic rings. The van der Waals surface area contributed by atoms with Crippen molar-refractivity contribution in [3.63, 3.8) is 0 Å². The lowest BCUT2D eigenvalue weighted by Gasteiger charge is -2.24. The van der Waals surface area contributed by atoms with E-state index < -0.39 is 18.1 Å². The van der Waals surface area contributed by atoms with E-state index in [2.05, 4.69) is 37.6 Å². The first-order valence-corrected chi connectivity index (χ1v) is 12.0. The van der Waals surface area contributed by atoms with Gasteiger partial charge in [0.2, 0.25) is 5.82 Å². The first-order valence-electron chi connectivity index (χ1n) is 9.93. The Morgan fingerprint density at radius 1 is 1.41 bits per heavy atom. The van der Waals surface area contributed by atoms with Crippen LogP contribution >= 0.6 is 34.4 Å². The van der Waals surface area contributed by atoms with E-state index in [9.17, 15) is 10.1 Å². The summed E-state index contributed by atoms with van der Waals surface area (Å²) in [6.07, 6.45) is 1.91. The number of nitrogens with zero attached hydrogens (tertiary/aromatic N) is 6. The van der Waals surface area contributed by atoms with Crippen LogP contribution in [0.5, 0.6) is 0 Å². The maximum Gasteiger partial charge on any atom is 0.236 e. The molecule has 0 radical (unpaired) electrons. The molecule has 10 nitrogen and oxygen atoms in total. The second kappa shape index (κ2) is 8.86. The van der Waals surface area contributed by atoms with Gasteiger partial charge in [0.05, 0.1) is 17.8 Å². The van der Waals surface area contributed by atoms with Crippen LogP contribution in [0.25, 0.3) is 11.0 Å². The molecule has 12 heteroatoms. The van der Waals surface area contributed by atoms with Crippen molar-refractivity contribution in [2.45, 2.75) is 51.1 Å². The van der Waals surface area contributed by atoms with E-state index in [1.807, 2.05) is 44.8 Å². The fraction of sp³-hybridized carbons (Fsp3) is 0.550. The van der Waals surface area contributed by atoms with Crippen LogP contribution in [-0.4, -0.2) is 74.8 Å². The molecule has 4 atom stereocenters. The van der Waals surface area contributed by atoms with E-state index in [-0.39, 0.29) is 23.1 Å². The maximum absolute atomic E-state index is 11.5. The Morgan fingerprint density at radius 2 is 2.12 bits per heavy atom. The predicted molar refractivity (Wildman–Crippen MR) is 128 cm³/mol. The highest BCUT2D eigenvalue weighted by molar-refractivity contribution is 14.1. The number of thioether (sulfide) groups is 1. The zero-order chi connectivity index (χ0) is 23.2. The molecule has 0 unspecified atom stereocenters. The van der Waals surface area contributed by atoms with Crippen molar-refractivity contribution in [1.82, 2.24) is 19.4 Å². The highest BCUT2D eigenvalue weighted by atomic mass is 127. The van der Waals surface area contributed by atoms with Crippen molar-refractivity contribution in [2.75, 3.05) is 19.8 Å². The predicted octanol–water partition coefficient (Wildman–Crippen LogP) is 2.83. The van der Waals surface area contributed by atoms with Crippen molar-refractivity contribution in [2.24, 2.45) is 4.99 Å². The molecule has 2 saturated heterocycles. The van der Waals surface area contributed by atoms with E-state index in [4.69, 9.17) is 14.2 Å². The summed E-state index contributed by atoms with van der Waals surface area (Å²) in [4.78, 5) is 26.5. The van der Waals surface area contributed by atoms with Crippen molar-refractivity contribution in [3.05, 3.63) is 15.6 Å². The van der Waals surface area contributed by atoms with Crippen LogP contribution in [0.3, 0.4) is 0 Å². The van der Waals surface area contributed by atoms with Gasteiger partial charge in [-0.2, -0.15) is 10.2 Å². The van der Waals surface area contributed by atoms with Crippen LogP contribution in [0.4, 0.5) is 5.82 Å². The highest BCUT2D eigenvalue weighted by Gasteiger charge is 2.56. The largest absolute Gasteiger partial charge is 0.369 e. The van der Waals surface area contributed by atoms with Crippen LogP contribution in [0.15, 0.2) is 11.2 Å². The molecule has 0 saturated carbocycles. The monoisotopic (exact) mass is 570 g/mol. The third-order valence-electron chi connectivity index (χ3n) is 4.97. The highest BCUT2D eigenvalue weighted by Crippen LogP contribution is 2.45. The first-order chi connectivity index (χ1) is 15.1. The maximum atomic E-state index is 11.5. The standard InChI is InChI=1S/C20H23IN6O4S/c1-10(28)32-8-12-15-16(31-20(2,3)30-15)19(29-12)27-7-11(21)14-17(23-9-26(4)5)24-13(6-22)25-18(14)27/h7,9,12,15-16,19H,8H2,1-5H3/b23-9-/t12-,15-,16-,19-/m1/s1. The molecule has 2 aromatic heterocycles. The molecule has 4 rings (SSSR count). The van der Waals surface area contributed by atoms with Crippen LogP contribution in [0.2, 0.25) is 0 Å². The average molecular weight is 570 g/mol. The van der Waals surface area contributed by atoms with Gasteiger partial charge < -0.3 is 23.7 Å². The minimum atomic E-state index is -0.777. The Balaban J connectivity index is 1.79. The summed E-state index contributed by atoms with van der Waals surface area (Å²) >= 11 is 3.40. The number of aliphatic imine (C=N–C) groups is 1. The van der Waals surface area contributed by atoms with Gasteiger partial charge in [0, 0.05) is 36.5 Å². The van der Waals surface area contributed by atoms with Gasteiger partial charge in [-0.1, -0.05) is 11.8 Å². The molecule has 4 heterocycles. The van der Waals surface area contributed by atoms with Crippen LogP contribution in [-0.2, 0) is 19.0 Å². The van der Waals surface area contributed by atoms with Gasteiger partial charge in [0.1, 0.15) is 23.9 Å². The van der Waals surface area contributed by atoms with Crippen molar-refractivity contribution in [3.8, 4) is 6.07 Å². The van der Waals surface area contributed by atoms with Crippen LogP contribution < -0.4 is 0 Å². The first kappa shape index (κ1) is 23.4. The normalized spacial score (nSPS) is 26.5. The summed E-state index contributed by atoms with van der Waals surface area (Å²) in [7, 11) is 3.71. The number of ether oxygens (including phenoxy) is 3. The SMILES string of the molecule is CC(=O)SC[C@H]1O[C@@H](n2cc(I)c3c(/N=C\N(C)C)nc(C#N)nc32)[C@@H]2OC(C)(C)O[C@@H]21. The fourth-order valence-corrected chi connectivity index (χ4v) is 5.26. The third-order valence-corrected chi connectivity index (χ3v) is 6.69. The number of hydrogen-bond acceptors (Lipinski definition) is 9. The molecule has 170 valence electrons. The lowest BCUT2D eigenvalue weighted by atomic mass is 10.1.